The summed E-state index contributed by atoms with van der Waals surface area (Å²) >= 11 is 6.55. The Morgan fingerprint density at radius 2 is 1.81 bits per heavy atom. The highest BCUT2D eigenvalue weighted by Crippen LogP contribution is 2.42. The maximum Gasteiger partial charge on any atom is 0.00723 e. The molecule has 1 saturated carbocycles. The normalized spacial score (nSPS) is 18.9. The Morgan fingerprint density at radius 1 is 1.19 bits per heavy atom. The summed E-state index contributed by atoms with van der Waals surface area (Å²) in [6, 6.07) is 8.87. The van der Waals surface area contributed by atoms with E-state index in [1.165, 1.54) is 41.9 Å². The molecule has 0 unspecified atom stereocenters. The molecule has 2 rings (SSSR count). The van der Waals surface area contributed by atoms with Gasteiger partial charge < -0.3 is 0 Å². The standard InChI is InChI=1S/C14H20S2/c1-12-4-6-13(7-5-12)16-11-14(10-15)8-2-3-9-14/h4-7,15H,2-3,8-11H2,1H3. The first-order chi connectivity index (χ1) is 7.74. The van der Waals surface area contributed by atoms with E-state index in [1.807, 2.05) is 11.8 Å². The minimum atomic E-state index is 0.513. The van der Waals surface area contributed by atoms with Crippen molar-refractivity contribution in [3.8, 4) is 0 Å². The summed E-state index contributed by atoms with van der Waals surface area (Å²) in [5, 5.41) is 0. The van der Waals surface area contributed by atoms with Crippen LogP contribution in [0.5, 0.6) is 0 Å². The molecule has 0 atom stereocenters. The zero-order chi connectivity index (χ0) is 11.4. The van der Waals surface area contributed by atoms with Crippen LogP contribution < -0.4 is 0 Å². The minimum Gasteiger partial charge on any atom is -0.179 e. The highest BCUT2D eigenvalue weighted by Gasteiger charge is 2.32. The van der Waals surface area contributed by atoms with Crippen molar-refractivity contribution in [3.05, 3.63) is 29.8 Å². The van der Waals surface area contributed by atoms with Crippen LogP contribution in [0.25, 0.3) is 0 Å². The van der Waals surface area contributed by atoms with Crippen molar-refractivity contribution >= 4 is 24.4 Å². The highest BCUT2D eigenvalue weighted by molar-refractivity contribution is 7.99. The second-order valence-corrected chi connectivity index (χ2v) is 6.33. The van der Waals surface area contributed by atoms with Crippen LogP contribution in [0.15, 0.2) is 29.2 Å². The fourth-order valence-electron chi connectivity index (χ4n) is 2.34. The molecule has 0 bridgehead atoms. The molecule has 0 amide bonds. The summed E-state index contributed by atoms with van der Waals surface area (Å²) < 4.78 is 0. The maximum atomic E-state index is 4.55. The van der Waals surface area contributed by atoms with Gasteiger partial charge in [0.2, 0.25) is 0 Å². The zero-order valence-corrected chi connectivity index (χ0v) is 11.6. The smallest absolute Gasteiger partial charge is 0.00723 e. The van der Waals surface area contributed by atoms with Crippen molar-refractivity contribution in [1.29, 1.82) is 0 Å². The largest absolute Gasteiger partial charge is 0.179 e. The van der Waals surface area contributed by atoms with Gasteiger partial charge in [0.05, 0.1) is 0 Å². The lowest BCUT2D eigenvalue weighted by molar-refractivity contribution is 0.403. The van der Waals surface area contributed by atoms with Crippen molar-refractivity contribution in [1.82, 2.24) is 0 Å². The first kappa shape index (κ1) is 12.4. The summed E-state index contributed by atoms with van der Waals surface area (Å²) in [6.45, 7) is 2.14. The van der Waals surface area contributed by atoms with Crippen molar-refractivity contribution in [2.24, 2.45) is 5.41 Å². The lowest BCUT2D eigenvalue weighted by Gasteiger charge is -2.26. The number of thiol groups is 1. The second kappa shape index (κ2) is 5.50. The minimum absolute atomic E-state index is 0.513. The predicted molar refractivity (Wildman–Crippen MR) is 76.7 cm³/mol. The van der Waals surface area contributed by atoms with E-state index in [9.17, 15) is 0 Å². The lowest BCUT2D eigenvalue weighted by Crippen LogP contribution is -2.21. The number of hydrogen-bond donors (Lipinski definition) is 1. The average molecular weight is 252 g/mol. The molecule has 0 N–H and O–H groups in total. The molecule has 0 nitrogen and oxygen atoms in total. The third kappa shape index (κ3) is 2.98. The summed E-state index contributed by atoms with van der Waals surface area (Å²) in [5.41, 5.74) is 1.85. The SMILES string of the molecule is Cc1ccc(SCC2(CS)CCCC2)cc1. The molecule has 88 valence electrons. The molecule has 1 aliphatic rings. The molecular weight excluding hydrogens is 232 g/mol. The topological polar surface area (TPSA) is 0 Å². The maximum absolute atomic E-state index is 4.55. The van der Waals surface area contributed by atoms with E-state index in [-0.39, 0.29) is 0 Å². The van der Waals surface area contributed by atoms with Gasteiger partial charge in [-0.2, -0.15) is 12.6 Å². The Hall–Kier alpha value is -0.0800. The van der Waals surface area contributed by atoms with Crippen LogP contribution in [0.1, 0.15) is 31.2 Å². The van der Waals surface area contributed by atoms with E-state index in [0.717, 1.165) is 5.75 Å². The van der Waals surface area contributed by atoms with E-state index >= 15 is 0 Å². The van der Waals surface area contributed by atoms with Crippen molar-refractivity contribution < 1.29 is 0 Å². The Bertz CT molecular complexity index is 323. The van der Waals surface area contributed by atoms with Gasteiger partial charge in [0.15, 0.2) is 0 Å². The van der Waals surface area contributed by atoms with Gasteiger partial charge >= 0.3 is 0 Å². The van der Waals surface area contributed by atoms with Crippen LogP contribution in [0, 0.1) is 12.3 Å². The van der Waals surface area contributed by atoms with Crippen LogP contribution in [0.4, 0.5) is 0 Å². The quantitative estimate of drug-likeness (QED) is 0.604. The second-order valence-electron chi connectivity index (χ2n) is 4.97. The molecule has 0 aromatic heterocycles. The van der Waals surface area contributed by atoms with Crippen LogP contribution in [-0.4, -0.2) is 11.5 Å². The fraction of sp³-hybridized carbons (Fsp3) is 0.571. The van der Waals surface area contributed by atoms with Gasteiger partial charge in [-0.15, -0.1) is 11.8 Å². The van der Waals surface area contributed by atoms with Gasteiger partial charge in [0.1, 0.15) is 0 Å². The van der Waals surface area contributed by atoms with Gasteiger partial charge in [-0.25, -0.2) is 0 Å². The van der Waals surface area contributed by atoms with Crippen LogP contribution in [0.3, 0.4) is 0 Å². The molecule has 0 radical (unpaired) electrons. The van der Waals surface area contributed by atoms with Gasteiger partial charge in [0.25, 0.3) is 0 Å². The summed E-state index contributed by atoms with van der Waals surface area (Å²) in [5.74, 6) is 2.28. The van der Waals surface area contributed by atoms with E-state index in [0.29, 0.717) is 5.41 Å². The number of benzene rings is 1. The fourth-order valence-corrected chi connectivity index (χ4v) is 4.12. The Morgan fingerprint density at radius 3 is 2.38 bits per heavy atom. The molecule has 1 aromatic rings. The summed E-state index contributed by atoms with van der Waals surface area (Å²) in [6.07, 6.45) is 5.54. The monoisotopic (exact) mass is 252 g/mol. The third-order valence-electron chi connectivity index (χ3n) is 3.57. The van der Waals surface area contributed by atoms with Crippen molar-refractivity contribution in [3.63, 3.8) is 0 Å². The van der Waals surface area contributed by atoms with Crippen molar-refractivity contribution in [2.75, 3.05) is 11.5 Å². The Kier molecular flexibility index (Phi) is 4.26. The summed E-state index contributed by atoms with van der Waals surface area (Å²) in [4.78, 5) is 1.40. The third-order valence-corrected chi connectivity index (χ3v) is 5.60. The van der Waals surface area contributed by atoms with Crippen molar-refractivity contribution in [2.45, 2.75) is 37.5 Å². The molecule has 0 saturated heterocycles. The number of thioether (sulfide) groups is 1. The highest BCUT2D eigenvalue weighted by atomic mass is 32.2. The van der Waals surface area contributed by atoms with E-state index in [4.69, 9.17) is 0 Å². The van der Waals surface area contributed by atoms with E-state index in [1.54, 1.807) is 0 Å². The molecular formula is C14H20S2. The van der Waals surface area contributed by atoms with Crippen LogP contribution in [-0.2, 0) is 0 Å². The number of rotatable bonds is 4. The molecule has 0 spiro atoms. The van der Waals surface area contributed by atoms with E-state index < -0.39 is 0 Å². The zero-order valence-electron chi connectivity index (χ0n) is 9.91. The average Bonchev–Trinajstić information content (AvgIpc) is 2.78. The summed E-state index contributed by atoms with van der Waals surface area (Å²) in [7, 11) is 0. The molecule has 0 aliphatic heterocycles. The van der Waals surface area contributed by atoms with E-state index in [2.05, 4.69) is 43.8 Å². The number of aryl methyl sites for hydroxylation is 1. The van der Waals surface area contributed by atoms with Gasteiger partial charge in [-0.3, -0.25) is 0 Å². The van der Waals surface area contributed by atoms with Gasteiger partial charge in [0, 0.05) is 10.6 Å². The van der Waals surface area contributed by atoms with Gasteiger partial charge in [-0.1, -0.05) is 30.5 Å². The van der Waals surface area contributed by atoms with Crippen LogP contribution >= 0.6 is 24.4 Å². The first-order valence-electron chi connectivity index (χ1n) is 6.04. The van der Waals surface area contributed by atoms with Gasteiger partial charge in [-0.05, 0) is 43.1 Å². The Labute approximate surface area is 109 Å². The molecule has 16 heavy (non-hydrogen) atoms. The first-order valence-corrected chi connectivity index (χ1v) is 7.66. The molecule has 2 heteroatoms. The molecule has 1 aromatic carbocycles. The lowest BCUT2D eigenvalue weighted by atomic mass is 9.91. The number of hydrogen-bond acceptors (Lipinski definition) is 2. The molecule has 1 aliphatic carbocycles. The van der Waals surface area contributed by atoms with Crippen LogP contribution in [0.2, 0.25) is 0 Å². The predicted octanol–water partition coefficient (Wildman–Crippen LogP) is 4.58. The molecule has 0 heterocycles. The Balaban J connectivity index is 1.93. The molecule has 1 fully saturated rings.